The van der Waals surface area contributed by atoms with Gasteiger partial charge in [0.1, 0.15) is 17.3 Å². The number of hydrogen-bond acceptors (Lipinski definition) is 5. The Labute approximate surface area is 166 Å². The third kappa shape index (κ3) is 3.28. The first-order valence-corrected chi connectivity index (χ1v) is 9.37. The number of carbonyl (C=O) groups excluding carboxylic acids is 1. The number of aromatic amines is 1. The molecule has 0 unspecified atom stereocenters. The van der Waals surface area contributed by atoms with Gasteiger partial charge < -0.3 is 19.5 Å². The topological polar surface area (TPSA) is 92.6 Å². The molecule has 9 heteroatoms. The lowest BCUT2D eigenvalue weighted by Gasteiger charge is -2.36. The minimum Gasteiger partial charge on any atom is -0.497 e. The van der Waals surface area contributed by atoms with Crippen molar-refractivity contribution in [2.45, 2.75) is 0 Å². The monoisotopic (exact) mass is 397 g/mol. The van der Waals surface area contributed by atoms with Gasteiger partial charge in [0, 0.05) is 63.3 Å². The van der Waals surface area contributed by atoms with Crippen molar-refractivity contribution in [1.82, 2.24) is 19.0 Å². The number of hydrogen-bond donors (Lipinski definition) is 1. The molecular weight excluding hydrogens is 374 g/mol. The average Bonchev–Trinajstić information content (AvgIpc) is 3.17. The van der Waals surface area contributed by atoms with Gasteiger partial charge in [-0.15, -0.1) is 0 Å². The summed E-state index contributed by atoms with van der Waals surface area (Å²) in [5.41, 5.74) is 0.679. The minimum absolute atomic E-state index is 0.0716. The predicted octanol–water partition coefficient (Wildman–Crippen LogP) is 0.536. The van der Waals surface area contributed by atoms with Gasteiger partial charge in [-0.05, 0) is 18.2 Å². The second-order valence-corrected chi connectivity index (χ2v) is 7.16. The molecule has 1 aliphatic rings. The Hall–Kier alpha value is -3.49. The molecule has 0 bridgehead atoms. The van der Waals surface area contributed by atoms with E-state index in [0.29, 0.717) is 37.7 Å². The highest BCUT2D eigenvalue weighted by atomic mass is 16.5. The van der Waals surface area contributed by atoms with Crippen molar-refractivity contribution in [2.24, 2.45) is 14.1 Å². The molecule has 0 atom stereocenters. The Bertz CT molecular complexity index is 1200. The fourth-order valence-corrected chi connectivity index (χ4v) is 3.68. The van der Waals surface area contributed by atoms with Crippen LogP contribution in [0, 0.1) is 0 Å². The lowest BCUT2D eigenvalue weighted by Crippen LogP contribution is -2.51. The van der Waals surface area contributed by atoms with Crippen LogP contribution in [0.15, 0.2) is 39.9 Å². The molecule has 1 aliphatic heterocycles. The van der Waals surface area contributed by atoms with E-state index in [9.17, 15) is 14.4 Å². The summed E-state index contributed by atoms with van der Waals surface area (Å²) >= 11 is 0. The standard InChI is InChI=1S/C20H23N5O4/c1-22-17(12-18(26)23(2)20(22)28)24-6-8-25(9-7-24)19(27)16-10-13-4-5-14(29-3)11-15(13)21-16/h4-5,10-12,21H,6-9H2,1-3H3. The first-order chi connectivity index (χ1) is 13.9. The molecule has 4 rings (SSSR count). The van der Waals surface area contributed by atoms with E-state index >= 15 is 0 Å². The molecule has 9 nitrogen and oxygen atoms in total. The van der Waals surface area contributed by atoms with E-state index in [1.165, 1.54) is 17.7 Å². The van der Waals surface area contributed by atoms with Crippen LogP contribution in [0.3, 0.4) is 0 Å². The molecule has 3 heterocycles. The Morgan fingerprint density at radius 2 is 1.72 bits per heavy atom. The summed E-state index contributed by atoms with van der Waals surface area (Å²) in [4.78, 5) is 44.0. The Balaban J connectivity index is 1.51. The summed E-state index contributed by atoms with van der Waals surface area (Å²) in [6.07, 6.45) is 0. The molecule has 1 aromatic carbocycles. The third-order valence-electron chi connectivity index (χ3n) is 5.45. The van der Waals surface area contributed by atoms with Gasteiger partial charge in [-0.25, -0.2) is 4.79 Å². The molecule has 0 saturated carbocycles. The van der Waals surface area contributed by atoms with Gasteiger partial charge in [-0.2, -0.15) is 0 Å². The molecule has 2 aromatic heterocycles. The molecular formula is C20H23N5O4. The highest BCUT2D eigenvalue weighted by Crippen LogP contribution is 2.22. The van der Waals surface area contributed by atoms with Gasteiger partial charge in [0.25, 0.3) is 11.5 Å². The normalized spacial score (nSPS) is 14.4. The van der Waals surface area contributed by atoms with Gasteiger partial charge in [-0.1, -0.05) is 0 Å². The van der Waals surface area contributed by atoms with Crippen LogP contribution in [0.4, 0.5) is 5.82 Å². The maximum atomic E-state index is 12.9. The molecule has 1 saturated heterocycles. The van der Waals surface area contributed by atoms with Crippen molar-refractivity contribution in [3.8, 4) is 5.75 Å². The smallest absolute Gasteiger partial charge is 0.332 e. The van der Waals surface area contributed by atoms with Crippen LogP contribution >= 0.6 is 0 Å². The van der Waals surface area contributed by atoms with Gasteiger partial charge in [0.15, 0.2) is 0 Å². The zero-order valence-electron chi connectivity index (χ0n) is 16.6. The van der Waals surface area contributed by atoms with Gasteiger partial charge in [-0.3, -0.25) is 18.7 Å². The maximum Gasteiger partial charge on any atom is 0.332 e. The zero-order valence-corrected chi connectivity index (χ0v) is 16.6. The quantitative estimate of drug-likeness (QED) is 0.696. The number of fused-ring (bicyclic) bond motifs is 1. The number of methoxy groups -OCH3 is 1. The molecule has 0 aliphatic carbocycles. The van der Waals surface area contributed by atoms with Crippen molar-refractivity contribution in [1.29, 1.82) is 0 Å². The summed E-state index contributed by atoms with van der Waals surface area (Å²) in [6.45, 7) is 2.09. The van der Waals surface area contributed by atoms with E-state index in [2.05, 4.69) is 4.98 Å². The van der Waals surface area contributed by atoms with Crippen LogP contribution in [0.25, 0.3) is 10.9 Å². The number of aromatic nitrogens is 3. The van der Waals surface area contributed by atoms with Crippen LogP contribution in [0.5, 0.6) is 5.75 Å². The number of H-pyrrole nitrogens is 1. The van der Waals surface area contributed by atoms with Crippen molar-refractivity contribution < 1.29 is 9.53 Å². The van der Waals surface area contributed by atoms with Gasteiger partial charge in [0.2, 0.25) is 0 Å². The Morgan fingerprint density at radius 1 is 1.00 bits per heavy atom. The Morgan fingerprint density at radius 3 is 2.41 bits per heavy atom. The molecule has 0 radical (unpaired) electrons. The second-order valence-electron chi connectivity index (χ2n) is 7.16. The van der Waals surface area contributed by atoms with E-state index in [1.807, 2.05) is 29.2 Å². The number of carbonyl (C=O) groups is 1. The summed E-state index contributed by atoms with van der Waals surface area (Å²) in [6, 6.07) is 8.94. The van der Waals surface area contributed by atoms with Crippen LogP contribution in [-0.4, -0.2) is 58.2 Å². The Kier molecular flexibility index (Phi) is 4.65. The van der Waals surface area contributed by atoms with Gasteiger partial charge >= 0.3 is 5.69 Å². The van der Waals surface area contributed by atoms with Crippen molar-refractivity contribution in [3.63, 3.8) is 0 Å². The SMILES string of the molecule is COc1ccc2cc(C(=O)N3CCN(c4cc(=O)n(C)c(=O)n4C)CC3)[nH]c2c1. The van der Waals surface area contributed by atoms with Crippen molar-refractivity contribution >= 4 is 22.6 Å². The molecule has 152 valence electrons. The zero-order chi connectivity index (χ0) is 20.7. The fourth-order valence-electron chi connectivity index (χ4n) is 3.68. The second kappa shape index (κ2) is 7.16. The summed E-state index contributed by atoms with van der Waals surface area (Å²) in [5, 5.41) is 0.947. The molecule has 0 spiro atoms. The number of nitrogens with one attached hydrogen (secondary N) is 1. The first-order valence-electron chi connectivity index (χ1n) is 9.37. The van der Waals surface area contributed by atoms with Gasteiger partial charge in [0.05, 0.1) is 7.11 Å². The first kappa shape index (κ1) is 18.9. The van der Waals surface area contributed by atoms with Crippen LogP contribution < -0.4 is 20.9 Å². The highest BCUT2D eigenvalue weighted by Gasteiger charge is 2.25. The number of amides is 1. The number of rotatable bonds is 3. The lowest BCUT2D eigenvalue weighted by molar-refractivity contribution is 0.0741. The molecule has 1 fully saturated rings. The third-order valence-corrected chi connectivity index (χ3v) is 5.45. The van der Waals surface area contributed by atoms with E-state index in [-0.39, 0.29) is 17.2 Å². The van der Waals surface area contributed by atoms with Crippen molar-refractivity contribution in [2.75, 3.05) is 38.2 Å². The summed E-state index contributed by atoms with van der Waals surface area (Å²) < 4.78 is 7.77. The van der Waals surface area contributed by atoms with E-state index in [0.717, 1.165) is 21.2 Å². The van der Waals surface area contributed by atoms with Crippen LogP contribution in [0.2, 0.25) is 0 Å². The number of piperazine rings is 1. The number of ether oxygens (including phenoxy) is 1. The number of benzene rings is 1. The lowest BCUT2D eigenvalue weighted by atomic mass is 10.2. The predicted molar refractivity (Wildman–Crippen MR) is 110 cm³/mol. The molecule has 29 heavy (non-hydrogen) atoms. The summed E-state index contributed by atoms with van der Waals surface area (Å²) in [5.74, 6) is 1.23. The number of nitrogens with zero attached hydrogens (tertiary/aromatic N) is 4. The highest BCUT2D eigenvalue weighted by molar-refractivity contribution is 5.98. The van der Waals surface area contributed by atoms with E-state index in [4.69, 9.17) is 4.74 Å². The molecule has 1 amide bonds. The largest absolute Gasteiger partial charge is 0.497 e. The molecule has 3 aromatic rings. The van der Waals surface area contributed by atoms with E-state index in [1.54, 1.807) is 19.1 Å². The van der Waals surface area contributed by atoms with Crippen LogP contribution in [0.1, 0.15) is 10.5 Å². The van der Waals surface area contributed by atoms with Crippen molar-refractivity contribution in [3.05, 3.63) is 56.9 Å². The summed E-state index contributed by atoms with van der Waals surface area (Å²) in [7, 11) is 4.71. The van der Waals surface area contributed by atoms with Crippen LogP contribution in [-0.2, 0) is 14.1 Å². The fraction of sp³-hybridized carbons (Fsp3) is 0.350. The minimum atomic E-state index is -0.362. The van der Waals surface area contributed by atoms with E-state index < -0.39 is 0 Å². The molecule has 1 N–H and O–H groups in total. The number of anilines is 1. The average molecular weight is 397 g/mol. The maximum absolute atomic E-state index is 12.9.